The van der Waals surface area contributed by atoms with Crippen molar-refractivity contribution >= 4 is 5.91 Å². The Hall–Kier alpha value is -2.10. The molecule has 0 N–H and O–H groups in total. The van der Waals surface area contributed by atoms with Crippen LogP contribution in [0.25, 0.3) is 5.69 Å². The van der Waals surface area contributed by atoms with Crippen LogP contribution in [0.2, 0.25) is 0 Å². The first-order valence-corrected chi connectivity index (χ1v) is 8.10. The first-order valence-electron chi connectivity index (χ1n) is 8.10. The van der Waals surface area contributed by atoms with Gasteiger partial charge in [-0.2, -0.15) is 5.10 Å². The Morgan fingerprint density at radius 3 is 2.77 bits per heavy atom. The zero-order valence-electron chi connectivity index (χ0n) is 13.3. The molecule has 1 atom stereocenters. The van der Waals surface area contributed by atoms with Gasteiger partial charge in [-0.05, 0) is 18.6 Å². The Morgan fingerprint density at radius 2 is 2.05 bits per heavy atom. The Labute approximate surface area is 131 Å². The van der Waals surface area contributed by atoms with Crippen LogP contribution in [0.4, 0.5) is 0 Å². The van der Waals surface area contributed by atoms with E-state index in [0.29, 0.717) is 13.1 Å². The summed E-state index contributed by atoms with van der Waals surface area (Å²) in [6.45, 7) is 5.57. The van der Waals surface area contributed by atoms with Crippen molar-refractivity contribution in [2.24, 2.45) is 5.92 Å². The minimum Gasteiger partial charge on any atom is -0.332 e. The number of carbonyl (C=O) groups is 1. The highest BCUT2D eigenvalue weighted by Crippen LogP contribution is 2.27. The lowest BCUT2D eigenvalue weighted by molar-refractivity contribution is -0.135. The summed E-state index contributed by atoms with van der Waals surface area (Å²) >= 11 is 0. The average Bonchev–Trinajstić information content (AvgIpc) is 3.13. The summed E-state index contributed by atoms with van der Waals surface area (Å²) < 4.78 is 1.96. The van der Waals surface area contributed by atoms with Crippen molar-refractivity contribution in [2.45, 2.75) is 46.2 Å². The number of amides is 1. The van der Waals surface area contributed by atoms with Gasteiger partial charge in [0, 0.05) is 18.0 Å². The molecule has 0 radical (unpaired) electrons. The first kappa shape index (κ1) is 14.8. The standard InChI is InChI=1S/C18H23N3O/c1-3-4-8-14(2)18(22)20-12-15-11-19-21(17(15)13-20)16-9-6-5-7-10-16/h5-7,9-11,14H,3-4,8,12-13H2,1-2H3/t14-/m0/s1. The molecular formula is C18H23N3O. The predicted octanol–water partition coefficient (Wildman–Crippen LogP) is 3.54. The van der Waals surface area contributed by atoms with Gasteiger partial charge >= 0.3 is 0 Å². The molecule has 0 unspecified atom stereocenters. The van der Waals surface area contributed by atoms with E-state index in [0.717, 1.165) is 30.6 Å². The fourth-order valence-electron chi connectivity index (χ4n) is 3.04. The number of benzene rings is 1. The largest absolute Gasteiger partial charge is 0.332 e. The second-order valence-electron chi connectivity index (χ2n) is 6.10. The van der Waals surface area contributed by atoms with Crippen LogP contribution < -0.4 is 0 Å². The monoisotopic (exact) mass is 297 g/mol. The number of rotatable bonds is 5. The average molecular weight is 297 g/mol. The molecule has 116 valence electrons. The van der Waals surface area contributed by atoms with E-state index in [-0.39, 0.29) is 11.8 Å². The molecule has 0 bridgehead atoms. The van der Waals surface area contributed by atoms with Crippen LogP contribution in [-0.2, 0) is 17.9 Å². The number of hydrogen-bond acceptors (Lipinski definition) is 2. The summed E-state index contributed by atoms with van der Waals surface area (Å²) in [7, 11) is 0. The van der Waals surface area contributed by atoms with Crippen molar-refractivity contribution in [1.82, 2.24) is 14.7 Å². The van der Waals surface area contributed by atoms with Crippen LogP contribution in [0.5, 0.6) is 0 Å². The summed E-state index contributed by atoms with van der Waals surface area (Å²) in [6.07, 6.45) is 5.13. The molecule has 0 spiro atoms. The molecule has 4 heteroatoms. The van der Waals surface area contributed by atoms with Gasteiger partial charge in [0.05, 0.1) is 24.1 Å². The molecule has 22 heavy (non-hydrogen) atoms. The van der Waals surface area contributed by atoms with Gasteiger partial charge in [0.2, 0.25) is 5.91 Å². The molecule has 0 saturated carbocycles. The summed E-state index contributed by atoms with van der Waals surface area (Å²) in [5.74, 6) is 0.381. The van der Waals surface area contributed by atoms with Gasteiger partial charge in [-0.3, -0.25) is 4.79 Å². The Bertz CT molecular complexity index is 648. The van der Waals surface area contributed by atoms with Crippen LogP contribution in [0.15, 0.2) is 36.5 Å². The van der Waals surface area contributed by atoms with E-state index in [4.69, 9.17) is 0 Å². The van der Waals surface area contributed by atoms with E-state index in [9.17, 15) is 4.79 Å². The van der Waals surface area contributed by atoms with E-state index in [2.05, 4.69) is 12.0 Å². The number of para-hydroxylation sites is 1. The van der Waals surface area contributed by atoms with E-state index < -0.39 is 0 Å². The SMILES string of the molecule is CCCC[C@H](C)C(=O)N1Cc2cnn(-c3ccccc3)c2C1. The van der Waals surface area contributed by atoms with Crippen molar-refractivity contribution in [3.63, 3.8) is 0 Å². The predicted molar refractivity (Wildman–Crippen MR) is 86.5 cm³/mol. The van der Waals surface area contributed by atoms with E-state index in [1.807, 2.05) is 53.0 Å². The molecule has 2 heterocycles. The Balaban J connectivity index is 1.74. The van der Waals surface area contributed by atoms with Crippen molar-refractivity contribution in [2.75, 3.05) is 0 Å². The van der Waals surface area contributed by atoms with Gasteiger partial charge in [-0.1, -0.05) is 44.9 Å². The van der Waals surface area contributed by atoms with Crippen LogP contribution >= 0.6 is 0 Å². The van der Waals surface area contributed by atoms with E-state index in [1.165, 1.54) is 5.56 Å². The lowest BCUT2D eigenvalue weighted by Gasteiger charge is -2.20. The topological polar surface area (TPSA) is 38.1 Å². The lowest BCUT2D eigenvalue weighted by Crippen LogP contribution is -2.31. The van der Waals surface area contributed by atoms with Crippen LogP contribution in [0.3, 0.4) is 0 Å². The summed E-state index contributed by atoms with van der Waals surface area (Å²) in [5, 5.41) is 4.47. The minimum atomic E-state index is 0.113. The molecule has 0 saturated heterocycles. The zero-order chi connectivity index (χ0) is 15.5. The quantitative estimate of drug-likeness (QED) is 0.846. The molecule has 1 aliphatic rings. The Kier molecular flexibility index (Phi) is 4.27. The van der Waals surface area contributed by atoms with Crippen molar-refractivity contribution in [3.8, 4) is 5.69 Å². The number of hydrogen-bond donors (Lipinski definition) is 0. The maximum atomic E-state index is 12.6. The number of fused-ring (bicyclic) bond motifs is 1. The molecular weight excluding hydrogens is 274 g/mol. The summed E-state index contributed by atoms with van der Waals surface area (Å²) in [5.41, 5.74) is 3.36. The number of nitrogens with zero attached hydrogens (tertiary/aromatic N) is 3. The van der Waals surface area contributed by atoms with E-state index in [1.54, 1.807) is 0 Å². The fraction of sp³-hybridized carbons (Fsp3) is 0.444. The third-order valence-corrected chi connectivity index (χ3v) is 4.38. The van der Waals surface area contributed by atoms with Gasteiger partial charge in [0.25, 0.3) is 0 Å². The maximum Gasteiger partial charge on any atom is 0.226 e. The van der Waals surface area contributed by atoms with Gasteiger partial charge in [-0.25, -0.2) is 4.68 Å². The highest BCUT2D eigenvalue weighted by atomic mass is 16.2. The van der Waals surface area contributed by atoms with Gasteiger partial charge < -0.3 is 4.90 Å². The molecule has 0 aliphatic carbocycles. The van der Waals surface area contributed by atoms with E-state index >= 15 is 0 Å². The van der Waals surface area contributed by atoms with Crippen LogP contribution in [-0.4, -0.2) is 20.6 Å². The molecule has 1 amide bonds. The van der Waals surface area contributed by atoms with Crippen LogP contribution in [0.1, 0.15) is 44.4 Å². The third kappa shape index (κ3) is 2.78. The number of carbonyl (C=O) groups excluding carboxylic acids is 1. The van der Waals surface area contributed by atoms with Crippen molar-refractivity contribution < 1.29 is 4.79 Å². The molecule has 4 nitrogen and oxygen atoms in total. The first-order chi connectivity index (χ1) is 10.7. The molecule has 1 aromatic heterocycles. The smallest absolute Gasteiger partial charge is 0.226 e. The van der Waals surface area contributed by atoms with Crippen molar-refractivity contribution in [3.05, 3.63) is 47.8 Å². The van der Waals surface area contributed by atoms with Gasteiger partial charge in [0.1, 0.15) is 0 Å². The number of unbranched alkanes of at least 4 members (excludes halogenated alkanes) is 1. The summed E-state index contributed by atoms with van der Waals surface area (Å²) in [6, 6.07) is 10.1. The maximum absolute atomic E-state index is 12.6. The second kappa shape index (κ2) is 6.34. The lowest BCUT2D eigenvalue weighted by atomic mass is 10.0. The third-order valence-electron chi connectivity index (χ3n) is 4.38. The molecule has 0 fully saturated rings. The summed E-state index contributed by atoms with van der Waals surface area (Å²) in [4.78, 5) is 14.5. The highest BCUT2D eigenvalue weighted by molar-refractivity contribution is 5.79. The van der Waals surface area contributed by atoms with Crippen LogP contribution in [0, 0.1) is 5.92 Å². The molecule has 2 aromatic rings. The second-order valence-corrected chi connectivity index (χ2v) is 6.10. The fourth-order valence-corrected chi connectivity index (χ4v) is 3.04. The van der Waals surface area contributed by atoms with Gasteiger partial charge in [0.15, 0.2) is 0 Å². The Morgan fingerprint density at radius 1 is 1.27 bits per heavy atom. The van der Waals surface area contributed by atoms with Crippen molar-refractivity contribution in [1.29, 1.82) is 0 Å². The number of aromatic nitrogens is 2. The minimum absolute atomic E-state index is 0.113. The zero-order valence-corrected chi connectivity index (χ0v) is 13.3. The highest BCUT2D eigenvalue weighted by Gasteiger charge is 2.29. The molecule has 1 aromatic carbocycles. The molecule has 1 aliphatic heterocycles. The van der Waals surface area contributed by atoms with Gasteiger partial charge in [-0.15, -0.1) is 0 Å². The molecule has 3 rings (SSSR count). The normalized spacial score (nSPS) is 14.9.